The summed E-state index contributed by atoms with van der Waals surface area (Å²) in [7, 11) is 0. The van der Waals surface area contributed by atoms with Gasteiger partial charge in [-0.15, -0.1) is 10.2 Å². The monoisotopic (exact) mass is 232 g/mol. The Hall–Kier alpha value is -0.230. The second kappa shape index (κ2) is 4.53. The van der Waals surface area contributed by atoms with Crippen LogP contribution in [0.1, 0.15) is 11.9 Å². The van der Waals surface area contributed by atoms with Gasteiger partial charge in [-0.3, -0.25) is 4.90 Å². The third-order valence-electron chi connectivity index (χ3n) is 2.42. The van der Waals surface area contributed by atoms with E-state index in [9.17, 15) is 0 Å². The van der Waals surface area contributed by atoms with Gasteiger partial charge in [-0.2, -0.15) is 0 Å². The van der Waals surface area contributed by atoms with Gasteiger partial charge in [0.1, 0.15) is 5.01 Å². The zero-order chi connectivity index (χ0) is 9.97. The van der Waals surface area contributed by atoms with Gasteiger partial charge in [0.05, 0.1) is 6.54 Å². The first kappa shape index (κ1) is 10.3. The zero-order valence-corrected chi connectivity index (χ0v) is 9.61. The summed E-state index contributed by atoms with van der Waals surface area (Å²) in [5.41, 5.74) is 0. The Labute approximate surface area is 92.3 Å². The van der Waals surface area contributed by atoms with E-state index >= 15 is 0 Å². The summed E-state index contributed by atoms with van der Waals surface area (Å²) in [6, 6.07) is 0.562. The van der Waals surface area contributed by atoms with Gasteiger partial charge in [-0.1, -0.05) is 11.3 Å². The maximum Gasteiger partial charge on any atom is 0.207 e. The molecule has 0 aromatic carbocycles. The van der Waals surface area contributed by atoms with Crippen LogP contribution in [-0.2, 0) is 6.54 Å². The topological polar surface area (TPSA) is 41.0 Å². The molecule has 14 heavy (non-hydrogen) atoms. The molecule has 0 unspecified atom stereocenters. The molecule has 1 aliphatic rings. The highest BCUT2D eigenvalue weighted by atomic mass is 35.5. The van der Waals surface area contributed by atoms with Crippen molar-refractivity contribution in [1.82, 2.24) is 20.4 Å². The lowest BCUT2D eigenvalue weighted by Crippen LogP contribution is -2.49. The predicted molar refractivity (Wildman–Crippen MR) is 57.7 cm³/mol. The van der Waals surface area contributed by atoms with E-state index < -0.39 is 0 Å². The van der Waals surface area contributed by atoms with Crippen molar-refractivity contribution in [2.75, 3.05) is 19.6 Å². The van der Waals surface area contributed by atoms with Crippen molar-refractivity contribution in [3.05, 3.63) is 9.47 Å². The number of piperazine rings is 1. The third kappa shape index (κ3) is 2.42. The Morgan fingerprint density at radius 3 is 3.14 bits per heavy atom. The zero-order valence-electron chi connectivity index (χ0n) is 8.03. The van der Waals surface area contributed by atoms with Crippen LogP contribution in [0.3, 0.4) is 0 Å². The molecule has 1 atom stereocenters. The maximum absolute atomic E-state index is 5.73. The van der Waals surface area contributed by atoms with Crippen LogP contribution in [-0.4, -0.2) is 40.8 Å². The molecule has 2 rings (SSSR count). The van der Waals surface area contributed by atoms with Crippen molar-refractivity contribution in [3.63, 3.8) is 0 Å². The molecule has 0 spiro atoms. The van der Waals surface area contributed by atoms with Crippen molar-refractivity contribution in [1.29, 1.82) is 0 Å². The highest BCUT2D eigenvalue weighted by molar-refractivity contribution is 7.15. The first-order valence-electron chi connectivity index (χ1n) is 4.68. The van der Waals surface area contributed by atoms with Crippen LogP contribution in [0, 0.1) is 0 Å². The lowest BCUT2D eigenvalue weighted by atomic mass is 10.2. The van der Waals surface area contributed by atoms with E-state index in [-0.39, 0.29) is 0 Å². The largest absolute Gasteiger partial charge is 0.314 e. The fourth-order valence-corrected chi connectivity index (χ4v) is 2.48. The fourth-order valence-electron chi connectivity index (χ4n) is 1.59. The van der Waals surface area contributed by atoms with E-state index in [1.807, 2.05) is 0 Å². The van der Waals surface area contributed by atoms with Crippen molar-refractivity contribution in [3.8, 4) is 0 Å². The lowest BCUT2D eigenvalue weighted by Gasteiger charge is -2.32. The molecule has 4 nitrogen and oxygen atoms in total. The molecule has 1 saturated heterocycles. The average Bonchev–Trinajstić information content (AvgIpc) is 2.56. The number of nitrogens with one attached hydrogen (secondary N) is 1. The van der Waals surface area contributed by atoms with E-state index in [2.05, 4.69) is 27.3 Å². The van der Waals surface area contributed by atoms with E-state index in [4.69, 9.17) is 11.6 Å². The summed E-state index contributed by atoms with van der Waals surface area (Å²) in [5.74, 6) is 0. The van der Waals surface area contributed by atoms with E-state index in [0.717, 1.165) is 31.2 Å². The standard InChI is InChI=1S/C8H13ClN4S/c1-6-4-10-2-3-13(6)5-7-11-12-8(9)14-7/h6,10H,2-5H2,1H3/t6-/m1/s1. The molecule has 0 aliphatic carbocycles. The molecular weight excluding hydrogens is 220 g/mol. The summed E-state index contributed by atoms with van der Waals surface area (Å²) in [5, 5.41) is 12.2. The Bertz CT molecular complexity index is 303. The minimum Gasteiger partial charge on any atom is -0.314 e. The van der Waals surface area contributed by atoms with Gasteiger partial charge >= 0.3 is 0 Å². The Balaban J connectivity index is 1.95. The second-order valence-electron chi connectivity index (χ2n) is 3.47. The van der Waals surface area contributed by atoms with Crippen LogP contribution in [0.25, 0.3) is 0 Å². The van der Waals surface area contributed by atoms with Gasteiger partial charge in [0.25, 0.3) is 0 Å². The van der Waals surface area contributed by atoms with Crippen molar-refractivity contribution < 1.29 is 0 Å². The van der Waals surface area contributed by atoms with Crippen molar-refractivity contribution in [2.24, 2.45) is 0 Å². The first-order chi connectivity index (χ1) is 6.75. The minimum atomic E-state index is 0.530. The molecule has 0 radical (unpaired) electrons. The molecule has 1 aliphatic heterocycles. The van der Waals surface area contributed by atoms with Crippen LogP contribution in [0.4, 0.5) is 0 Å². The number of aromatic nitrogens is 2. The van der Waals surface area contributed by atoms with E-state index in [0.29, 0.717) is 10.5 Å². The van der Waals surface area contributed by atoms with Crippen LogP contribution in [0.15, 0.2) is 0 Å². The summed E-state index contributed by atoms with van der Waals surface area (Å²) in [6.45, 7) is 6.25. The minimum absolute atomic E-state index is 0.530. The fraction of sp³-hybridized carbons (Fsp3) is 0.750. The Morgan fingerprint density at radius 1 is 1.64 bits per heavy atom. The third-order valence-corrected chi connectivity index (χ3v) is 3.42. The molecule has 0 bridgehead atoms. The lowest BCUT2D eigenvalue weighted by molar-refractivity contribution is 0.165. The normalized spacial score (nSPS) is 24.0. The number of nitrogens with zero attached hydrogens (tertiary/aromatic N) is 3. The predicted octanol–water partition coefficient (Wildman–Crippen LogP) is 0.985. The highest BCUT2D eigenvalue weighted by Gasteiger charge is 2.19. The van der Waals surface area contributed by atoms with E-state index in [1.165, 1.54) is 11.3 Å². The molecule has 2 heterocycles. The summed E-state index contributed by atoms with van der Waals surface area (Å²) >= 11 is 7.19. The Kier molecular flexibility index (Phi) is 3.33. The van der Waals surface area contributed by atoms with Gasteiger partial charge in [-0.05, 0) is 18.5 Å². The summed E-state index contributed by atoms with van der Waals surface area (Å²) in [4.78, 5) is 2.40. The van der Waals surface area contributed by atoms with Crippen LogP contribution < -0.4 is 5.32 Å². The van der Waals surface area contributed by atoms with Crippen LogP contribution in [0.5, 0.6) is 0 Å². The van der Waals surface area contributed by atoms with Crippen molar-refractivity contribution in [2.45, 2.75) is 19.5 Å². The summed E-state index contributed by atoms with van der Waals surface area (Å²) < 4.78 is 0.530. The molecule has 1 N–H and O–H groups in total. The molecule has 1 aromatic heterocycles. The summed E-state index contributed by atoms with van der Waals surface area (Å²) in [6.07, 6.45) is 0. The number of halogens is 1. The molecule has 0 amide bonds. The average molecular weight is 233 g/mol. The van der Waals surface area contributed by atoms with Gasteiger partial charge in [0.15, 0.2) is 0 Å². The van der Waals surface area contributed by atoms with Crippen molar-refractivity contribution >= 4 is 22.9 Å². The van der Waals surface area contributed by atoms with Gasteiger partial charge in [0, 0.05) is 25.7 Å². The molecule has 6 heteroatoms. The van der Waals surface area contributed by atoms with Gasteiger partial charge in [-0.25, -0.2) is 0 Å². The highest BCUT2D eigenvalue weighted by Crippen LogP contribution is 2.17. The Morgan fingerprint density at radius 2 is 2.50 bits per heavy atom. The quantitative estimate of drug-likeness (QED) is 0.826. The molecular formula is C8H13ClN4S. The SMILES string of the molecule is C[C@@H]1CNCCN1Cc1nnc(Cl)s1. The maximum atomic E-state index is 5.73. The van der Waals surface area contributed by atoms with Gasteiger partial charge in [0.2, 0.25) is 4.47 Å². The molecule has 1 fully saturated rings. The van der Waals surface area contributed by atoms with Gasteiger partial charge < -0.3 is 5.32 Å². The molecule has 1 aromatic rings. The van der Waals surface area contributed by atoms with E-state index in [1.54, 1.807) is 0 Å². The molecule has 78 valence electrons. The van der Waals surface area contributed by atoms with Crippen LogP contribution >= 0.6 is 22.9 Å². The first-order valence-corrected chi connectivity index (χ1v) is 5.88. The van der Waals surface area contributed by atoms with Crippen LogP contribution in [0.2, 0.25) is 4.47 Å². The number of rotatable bonds is 2. The number of hydrogen-bond acceptors (Lipinski definition) is 5. The number of hydrogen-bond donors (Lipinski definition) is 1. The molecule has 0 saturated carbocycles. The second-order valence-corrected chi connectivity index (χ2v) is 5.12. The smallest absolute Gasteiger partial charge is 0.207 e.